The van der Waals surface area contributed by atoms with E-state index in [1.54, 1.807) is 24.3 Å². The highest BCUT2D eigenvalue weighted by Crippen LogP contribution is 2.25. The van der Waals surface area contributed by atoms with Crippen LogP contribution < -0.4 is 5.32 Å². The maximum Gasteiger partial charge on any atom is 0.123 e. The van der Waals surface area contributed by atoms with Gasteiger partial charge in [-0.2, -0.15) is 0 Å². The van der Waals surface area contributed by atoms with Crippen LogP contribution in [0.4, 0.5) is 8.78 Å². The van der Waals surface area contributed by atoms with Gasteiger partial charge in [-0.1, -0.05) is 24.3 Å². The van der Waals surface area contributed by atoms with Crippen LogP contribution in [0.25, 0.3) is 0 Å². The van der Waals surface area contributed by atoms with E-state index in [0.29, 0.717) is 0 Å². The summed E-state index contributed by atoms with van der Waals surface area (Å²) in [5.41, 5.74) is 1.79. The molecule has 0 radical (unpaired) electrons. The Hall–Kier alpha value is -1.74. The minimum atomic E-state index is -0.262. The zero-order chi connectivity index (χ0) is 14.8. The number of benzene rings is 2. The summed E-state index contributed by atoms with van der Waals surface area (Å²) < 4.78 is 26.1. The predicted molar refractivity (Wildman–Crippen MR) is 77.5 cm³/mol. The Labute approximate surface area is 118 Å². The molecular formula is C17H19F2N. The molecule has 0 atom stereocenters. The highest BCUT2D eigenvalue weighted by molar-refractivity contribution is 5.32. The first-order chi connectivity index (χ1) is 9.35. The maximum atomic E-state index is 13.1. The van der Waals surface area contributed by atoms with Gasteiger partial charge >= 0.3 is 0 Å². The molecule has 2 aromatic carbocycles. The number of rotatable bonds is 3. The van der Waals surface area contributed by atoms with Crippen molar-refractivity contribution in [2.75, 3.05) is 0 Å². The summed E-state index contributed by atoms with van der Waals surface area (Å²) in [4.78, 5) is 0. The second-order valence-electron chi connectivity index (χ2n) is 5.93. The summed E-state index contributed by atoms with van der Waals surface area (Å²) in [6.07, 6.45) is 0. The van der Waals surface area contributed by atoms with Gasteiger partial charge in [0.15, 0.2) is 0 Å². The lowest BCUT2D eigenvalue weighted by molar-refractivity contribution is 0.391. The van der Waals surface area contributed by atoms with Gasteiger partial charge in [0.2, 0.25) is 0 Å². The molecule has 0 saturated heterocycles. The van der Waals surface area contributed by atoms with E-state index in [9.17, 15) is 8.78 Å². The van der Waals surface area contributed by atoms with Crippen molar-refractivity contribution in [1.29, 1.82) is 0 Å². The van der Waals surface area contributed by atoms with Gasteiger partial charge in [0.05, 0.1) is 6.04 Å². The van der Waals surface area contributed by atoms with Gasteiger partial charge in [-0.25, -0.2) is 8.78 Å². The topological polar surface area (TPSA) is 12.0 Å². The highest BCUT2D eigenvalue weighted by Gasteiger charge is 2.20. The van der Waals surface area contributed by atoms with E-state index in [2.05, 4.69) is 26.1 Å². The van der Waals surface area contributed by atoms with Crippen LogP contribution in [0.2, 0.25) is 0 Å². The van der Waals surface area contributed by atoms with E-state index in [0.717, 1.165) is 11.1 Å². The minimum absolute atomic E-state index is 0.101. The molecule has 20 heavy (non-hydrogen) atoms. The Kier molecular flexibility index (Phi) is 4.19. The summed E-state index contributed by atoms with van der Waals surface area (Å²) in [5.74, 6) is -0.523. The van der Waals surface area contributed by atoms with Crippen LogP contribution >= 0.6 is 0 Å². The second-order valence-corrected chi connectivity index (χ2v) is 5.93. The normalized spacial score (nSPS) is 11.9. The third-order valence-corrected chi connectivity index (χ3v) is 2.98. The van der Waals surface area contributed by atoms with Crippen molar-refractivity contribution >= 4 is 0 Å². The summed E-state index contributed by atoms with van der Waals surface area (Å²) in [6, 6.07) is 12.7. The lowest BCUT2D eigenvalue weighted by atomic mass is 9.95. The van der Waals surface area contributed by atoms with E-state index in [1.807, 2.05) is 0 Å². The number of hydrogen-bond donors (Lipinski definition) is 1. The molecular weight excluding hydrogens is 256 g/mol. The standard InChI is InChI=1S/C17H19F2N/c1-17(2,3)20-16(12-4-8-14(18)9-5-12)13-6-10-15(19)11-7-13/h4-11,16,20H,1-3H3. The molecule has 0 heterocycles. The van der Waals surface area contributed by atoms with Gasteiger partial charge in [0.25, 0.3) is 0 Å². The van der Waals surface area contributed by atoms with Gasteiger partial charge in [-0.05, 0) is 56.2 Å². The van der Waals surface area contributed by atoms with Gasteiger partial charge in [-0.15, -0.1) is 0 Å². The SMILES string of the molecule is CC(C)(C)NC(c1ccc(F)cc1)c1ccc(F)cc1. The van der Waals surface area contributed by atoms with Gasteiger partial charge in [0, 0.05) is 5.54 Å². The Morgan fingerprint density at radius 2 is 1.10 bits per heavy atom. The van der Waals surface area contributed by atoms with Gasteiger partial charge in [0.1, 0.15) is 11.6 Å². The first kappa shape index (κ1) is 14.7. The highest BCUT2D eigenvalue weighted by atomic mass is 19.1. The van der Waals surface area contributed by atoms with Crippen molar-refractivity contribution in [3.05, 3.63) is 71.3 Å². The van der Waals surface area contributed by atoms with Crippen LogP contribution in [0.3, 0.4) is 0 Å². The molecule has 0 fully saturated rings. The van der Waals surface area contributed by atoms with Crippen LogP contribution in [-0.4, -0.2) is 5.54 Å². The lowest BCUT2D eigenvalue weighted by Gasteiger charge is -2.29. The molecule has 0 aromatic heterocycles. The van der Waals surface area contributed by atoms with Crippen LogP contribution in [0.1, 0.15) is 37.9 Å². The fourth-order valence-corrected chi connectivity index (χ4v) is 2.10. The van der Waals surface area contributed by atoms with Crippen molar-refractivity contribution in [2.45, 2.75) is 32.4 Å². The Balaban J connectivity index is 2.38. The largest absolute Gasteiger partial charge is 0.302 e. The van der Waals surface area contributed by atoms with Crippen LogP contribution in [0, 0.1) is 11.6 Å². The smallest absolute Gasteiger partial charge is 0.123 e. The fraction of sp³-hybridized carbons (Fsp3) is 0.294. The number of halogens is 2. The molecule has 106 valence electrons. The van der Waals surface area contributed by atoms with Crippen molar-refractivity contribution in [2.24, 2.45) is 0 Å². The second kappa shape index (κ2) is 5.71. The molecule has 1 nitrogen and oxygen atoms in total. The molecule has 1 N–H and O–H groups in total. The lowest BCUT2D eigenvalue weighted by Crippen LogP contribution is -2.39. The van der Waals surface area contributed by atoms with E-state index in [-0.39, 0.29) is 23.2 Å². The third kappa shape index (κ3) is 3.87. The molecule has 0 unspecified atom stereocenters. The molecule has 0 aliphatic rings. The summed E-state index contributed by atoms with van der Waals surface area (Å²) >= 11 is 0. The maximum absolute atomic E-state index is 13.1. The summed E-state index contributed by atoms with van der Waals surface area (Å²) in [7, 11) is 0. The van der Waals surface area contributed by atoms with Crippen LogP contribution in [-0.2, 0) is 0 Å². The molecule has 0 spiro atoms. The van der Waals surface area contributed by atoms with Crippen molar-refractivity contribution < 1.29 is 8.78 Å². The van der Waals surface area contributed by atoms with Gasteiger partial charge < -0.3 is 5.32 Å². The predicted octanol–water partition coefficient (Wildman–Crippen LogP) is 4.44. The Morgan fingerprint density at radius 3 is 1.40 bits per heavy atom. The molecule has 3 heteroatoms. The van der Waals surface area contributed by atoms with Crippen molar-refractivity contribution in [3.8, 4) is 0 Å². The first-order valence-corrected chi connectivity index (χ1v) is 6.64. The summed E-state index contributed by atoms with van der Waals surface area (Å²) in [5, 5.41) is 3.48. The number of hydrogen-bond acceptors (Lipinski definition) is 1. The van der Waals surface area contributed by atoms with E-state index in [1.165, 1.54) is 24.3 Å². The monoisotopic (exact) mass is 275 g/mol. The van der Waals surface area contributed by atoms with Crippen LogP contribution in [0.15, 0.2) is 48.5 Å². The average molecular weight is 275 g/mol. The van der Waals surface area contributed by atoms with Gasteiger partial charge in [-0.3, -0.25) is 0 Å². The van der Waals surface area contributed by atoms with Crippen molar-refractivity contribution in [3.63, 3.8) is 0 Å². The van der Waals surface area contributed by atoms with E-state index in [4.69, 9.17) is 0 Å². The fourth-order valence-electron chi connectivity index (χ4n) is 2.10. The molecule has 0 bridgehead atoms. The molecule has 0 saturated carbocycles. The first-order valence-electron chi connectivity index (χ1n) is 6.64. The Bertz CT molecular complexity index is 508. The molecule has 2 rings (SSSR count). The molecule has 0 aliphatic heterocycles. The zero-order valence-electron chi connectivity index (χ0n) is 12.0. The summed E-state index contributed by atoms with van der Waals surface area (Å²) in [6.45, 7) is 6.19. The minimum Gasteiger partial charge on any atom is -0.302 e. The van der Waals surface area contributed by atoms with E-state index < -0.39 is 0 Å². The zero-order valence-corrected chi connectivity index (χ0v) is 12.0. The van der Waals surface area contributed by atoms with Crippen LogP contribution in [0.5, 0.6) is 0 Å². The quantitative estimate of drug-likeness (QED) is 0.873. The molecule has 0 amide bonds. The third-order valence-electron chi connectivity index (χ3n) is 2.98. The average Bonchev–Trinajstić information content (AvgIpc) is 2.37. The number of nitrogens with one attached hydrogen (secondary N) is 1. The Morgan fingerprint density at radius 1 is 0.750 bits per heavy atom. The van der Waals surface area contributed by atoms with E-state index >= 15 is 0 Å². The molecule has 0 aliphatic carbocycles. The van der Waals surface area contributed by atoms with Crippen molar-refractivity contribution in [1.82, 2.24) is 5.32 Å². The molecule has 2 aromatic rings.